The second-order valence-corrected chi connectivity index (χ2v) is 6.68. The topological polar surface area (TPSA) is 77.9 Å². The predicted molar refractivity (Wildman–Crippen MR) is 120 cm³/mol. The maximum Gasteiger partial charge on any atom is 0.276 e. The highest BCUT2D eigenvalue weighted by molar-refractivity contribution is 6.02. The van der Waals surface area contributed by atoms with E-state index in [2.05, 4.69) is 29.2 Å². The van der Waals surface area contributed by atoms with E-state index in [1.54, 1.807) is 38.6 Å². The molecule has 8 nitrogen and oxygen atoms in total. The number of ether oxygens (including phenoxy) is 3. The fraction of sp³-hybridized carbons (Fsp3) is 0.304. The SMILES string of the molecule is CCN(CC)c1ccc(NC(=O)c2ccn(COc3c(OC)cccc3OC)n2)cc1. The minimum Gasteiger partial charge on any atom is -0.493 e. The van der Waals surface area contributed by atoms with Crippen molar-refractivity contribution in [1.82, 2.24) is 9.78 Å². The zero-order valence-electron chi connectivity index (χ0n) is 18.3. The van der Waals surface area contributed by atoms with Gasteiger partial charge in [-0.25, -0.2) is 4.68 Å². The second-order valence-electron chi connectivity index (χ2n) is 6.68. The Morgan fingerprint density at radius 2 is 1.65 bits per heavy atom. The smallest absolute Gasteiger partial charge is 0.276 e. The monoisotopic (exact) mass is 424 g/mol. The summed E-state index contributed by atoms with van der Waals surface area (Å²) < 4.78 is 18.0. The summed E-state index contributed by atoms with van der Waals surface area (Å²) in [6.45, 7) is 6.19. The highest BCUT2D eigenvalue weighted by atomic mass is 16.5. The lowest BCUT2D eigenvalue weighted by Crippen LogP contribution is -2.21. The molecule has 0 aliphatic carbocycles. The molecule has 8 heteroatoms. The molecule has 0 bridgehead atoms. The van der Waals surface area contributed by atoms with E-state index in [1.165, 1.54) is 4.68 Å². The van der Waals surface area contributed by atoms with Crippen LogP contribution in [0.25, 0.3) is 0 Å². The highest BCUT2D eigenvalue weighted by Crippen LogP contribution is 2.36. The average molecular weight is 425 g/mol. The number of nitrogens with zero attached hydrogens (tertiary/aromatic N) is 3. The maximum absolute atomic E-state index is 12.6. The van der Waals surface area contributed by atoms with Crippen LogP contribution in [0.5, 0.6) is 17.2 Å². The summed E-state index contributed by atoms with van der Waals surface area (Å²) in [7, 11) is 3.12. The molecular weight excluding hydrogens is 396 g/mol. The largest absolute Gasteiger partial charge is 0.493 e. The minimum absolute atomic E-state index is 0.0998. The van der Waals surface area contributed by atoms with Crippen molar-refractivity contribution in [2.45, 2.75) is 20.6 Å². The van der Waals surface area contributed by atoms with Gasteiger partial charge >= 0.3 is 0 Å². The van der Waals surface area contributed by atoms with Crippen LogP contribution in [-0.2, 0) is 6.73 Å². The van der Waals surface area contributed by atoms with Crippen LogP contribution in [0.3, 0.4) is 0 Å². The Morgan fingerprint density at radius 3 is 2.23 bits per heavy atom. The summed E-state index contributed by atoms with van der Waals surface area (Å²) in [5.74, 6) is 1.29. The van der Waals surface area contributed by atoms with Crippen molar-refractivity contribution in [1.29, 1.82) is 0 Å². The van der Waals surface area contributed by atoms with Crippen molar-refractivity contribution >= 4 is 17.3 Å². The minimum atomic E-state index is -0.288. The molecule has 0 saturated carbocycles. The van der Waals surface area contributed by atoms with E-state index in [-0.39, 0.29) is 12.6 Å². The molecule has 0 saturated heterocycles. The third-order valence-corrected chi connectivity index (χ3v) is 4.85. The first-order chi connectivity index (χ1) is 15.1. The molecule has 31 heavy (non-hydrogen) atoms. The van der Waals surface area contributed by atoms with Gasteiger partial charge in [0.15, 0.2) is 23.9 Å². The van der Waals surface area contributed by atoms with Crippen molar-refractivity contribution < 1.29 is 19.0 Å². The van der Waals surface area contributed by atoms with Crippen molar-refractivity contribution in [2.75, 3.05) is 37.5 Å². The summed E-state index contributed by atoms with van der Waals surface area (Å²) in [5, 5.41) is 7.16. The molecule has 0 radical (unpaired) electrons. The third kappa shape index (κ3) is 5.28. The number of rotatable bonds is 10. The van der Waals surface area contributed by atoms with Crippen LogP contribution in [0.4, 0.5) is 11.4 Å². The first kappa shape index (κ1) is 22.0. The summed E-state index contributed by atoms with van der Waals surface area (Å²) in [5.41, 5.74) is 2.13. The maximum atomic E-state index is 12.6. The van der Waals surface area contributed by atoms with Gasteiger partial charge in [-0.05, 0) is 56.3 Å². The lowest BCUT2D eigenvalue weighted by atomic mass is 10.2. The molecule has 0 aliphatic rings. The molecule has 1 aromatic heterocycles. The van der Waals surface area contributed by atoms with E-state index in [9.17, 15) is 4.79 Å². The molecule has 0 unspecified atom stereocenters. The van der Waals surface area contributed by atoms with Crippen LogP contribution in [-0.4, -0.2) is 43.0 Å². The number of hydrogen-bond donors (Lipinski definition) is 1. The quantitative estimate of drug-likeness (QED) is 0.529. The number of nitrogens with one attached hydrogen (secondary N) is 1. The Balaban J connectivity index is 1.63. The zero-order chi connectivity index (χ0) is 22.2. The number of benzene rings is 2. The van der Waals surface area contributed by atoms with Crippen molar-refractivity contribution in [3.05, 3.63) is 60.4 Å². The van der Waals surface area contributed by atoms with E-state index in [4.69, 9.17) is 14.2 Å². The van der Waals surface area contributed by atoms with Crippen LogP contribution < -0.4 is 24.4 Å². The van der Waals surface area contributed by atoms with Gasteiger partial charge in [-0.15, -0.1) is 0 Å². The van der Waals surface area contributed by atoms with Crippen molar-refractivity contribution in [3.63, 3.8) is 0 Å². The molecular formula is C23H28N4O4. The summed E-state index contributed by atoms with van der Waals surface area (Å²) in [4.78, 5) is 14.8. The molecule has 0 aliphatic heterocycles. The van der Waals surface area contributed by atoms with E-state index >= 15 is 0 Å². The van der Waals surface area contributed by atoms with Gasteiger partial charge < -0.3 is 24.4 Å². The Bertz CT molecular complexity index is 975. The molecule has 1 amide bonds. The van der Waals surface area contributed by atoms with Gasteiger partial charge in [0.2, 0.25) is 5.75 Å². The summed E-state index contributed by atoms with van der Waals surface area (Å²) >= 11 is 0. The Labute approximate surface area is 182 Å². The molecule has 1 N–H and O–H groups in total. The predicted octanol–water partition coefficient (Wildman–Crippen LogP) is 4.04. The lowest BCUT2D eigenvalue weighted by Gasteiger charge is -2.21. The molecule has 0 atom stereocenters. The molecule has 2 aromatic carbocycles. The van der Waals surface area contributed by atoms with Crippen LogP contribution in [0, 0.1) is 0 Å². The molecule has 3 rings (SSSR count). The van der Waals surface area contributed by atoms with Crippen LogP contribution in [0.2, 0.25) is 0 Å². The van der Waals surface area contributed by atoms with Crippen LogP contribution in [0.1, 0.15) is 24.3 Å². The number of anilines is 2. The Kier molecular flexibility index (Phi) is 7.37. The number of para-hydroxylation sites is 1. The number of carbonyl (C=O) groups excluding carboxylic acids is 1. The number of amides is 1. The van der Waals surface area contributed by atoms with E-state index in [0.29, 0.717) is 28.6 Å². The number of methoxy groups -OCH3 is 2. The fourth-order valence-corrected chi connectivity index (χ4v) is 3.18. The summed E-state index contributed by atoms with van der Waals surface area (Å²) in [6.07, 6.45) is 1.68. The van der Waals surface area contributed by atoms with Gasteiger partial charge in [0.25, 0.3) is 5.91 Å². The molecule has 0 fully saturated rings. The first-order valence-electron chi connectivity index (χ1n) is 10.1. The van der Waals surface area contributed by atoms with Crippen LogP contribution in [0.15, 0.2) is 54.7 Å². The molecule has 3 aromatic rings. The van der Waals surface area contributed by atoms with Crippen molar-refractivity contribution in [3.8, 4) is 17.2 Å². The molecule has 1 heterocycles. The van der Waals surface area contributed by atoms with Gasteiger partial charge in [-0.3, -0.25) is 4.79 Å². The highest BCUT2D eigenvalue weighted by Gasteiger charge is 2.14. The lowest BCUT2D eigenvalue weighted by molar-refractivity contribution is 0.102. The molecule has 164 valence electrons. The zero-order valence-corrected chi connectivity index (χ0v) is 18.3. The summed E-state index contributed by atoms with van der Waals surface area (Å²) in [6, 6.07) is 14.8. The van der Waals surface area contributed by atoms with Crippen LogP contribution >= 0.6 is 0 Å². The Morgan fingerprint density at radius 1 is 1.00 bits per heavy atom. The Hall–Kier alpha value is -3.68. The van der Waals surface area contributed by atoms with Gasteiger partial charge in [-0.1, -0.05) is 6.07 Å². The normalized spacial score (nSPS) is 10.5. The van der Waals surface area contributed by atoms with Gasteiger partial charge in [-0.2, -0.15) is 5.10 Å². The average Bonchev–Trinajstić information content (AvgIpc) is 3.28. The fourth-order valence-electron chi connectivity index (χ4n) is 3.18. The number of aromatic nitrogens is 2. The number of carbonyl (C=O) groups is 1. The van der Waals surface area contributed by atoms with Gasteiger partial charge in [0.1, 0.15) is 0 Å². The van der Waals surface area contributed by atoms with E-state index in [1.807, 2.05) is 30.3 Å². The van der Waals surface area contributed by atoms with E-state index < -0.39 is 0 Å². The standard InChI is InChI=1S/C23H28N4O4/c1-5-26(6-2)18-12-10-17(11-13-18)24-23(28)19-14-15-27(25-19)16-31-22-20(29-3)8-7-9-21(22)30-4/h7-15H,5-6,16H2,1-4H3,(H,24,28). The molecule has 0 spiro atoms. The van der Waals surface area contributed by atoms with Gasteiger partial charge in [0.05, 0.1) is 14.2 Å². The second kappa shape index (κ2) is 10.4. The van der Waals surface area contributed by atoms with Crippen molar-refractivity contribution in [2.24, 2.45) is 0 Å². The third-order valence-electron chi connectivity index (χ3n) is 4.85. The van der Waals surface area contributed by atoms with Gasteiger partial charge in [0, 0.05) is 30.7 Å². The van der Waals surface area contributed by atoms with E-state index in [0.717, 1.165) is 18.8 Å². The first-order valence-corrected chi connectivity index (χ1v) is 10.1. The number of hydrogen-bond acceptors (Lipinski definition) is 6.